The summed E-state index contributed by atoms with van der Waals surface area (Å²) in [7, 11) is 0. The summed E-state index contributed by atoms with van der Waals surface area (Å²) in [5.41, 5.74) is 5.48. The van der Waals surface area contributed by atoms with Gasteiger partial charge in [0, 0.05) is 31.0 Å². The van der Waals surface area contributed by atoms with Crippen LogP contribution in [0.4, 0.5) is 11.4 Å². The van der Waals surface area contributed by atoms with Crippen molar-refractivity contribution in [2.75, 3.05) is 16.8 Å². The van der Waals surface area contributed by atoms with Crippen molar-refractivity contribution in [3.05, 3.63) is 35.7 Å². The maximum absolute atomic E-state index is 3.74. The Morgan fingerprint density at radius 1 is 1.09 bits per heavy atom. The van der Waals surface area contributed by atoms with E-state index in [4.69, 9.17) is 0 Å². The molecule has 1 saturated carbocycles. The quantitative estimate of drug-likeness (QED) is 0.867. The molecule has 2 heterocycles. The van der Waals surface area contributed by atoms with Crippen molar-refractivity contribution >= 4 is 11.4 Å². The fourth-order valence-corrected chi connectivity index (χ4v) is 4.05. The Labute approximate surface area is 133 Å². The van der Waals surface area contributed by atoms with Gasteiger partial charge in [0.05, 0.1) is 11.4 Å². The first kappa shape index (κ1) is 14.1. The number of anilines is 2. The Morgan fingerprint density at radius 3 is 2.91 bits per heavy atom. The molecule has 22 heavy (non-hydrogen) atoms. The molecule has 1 saturated heterocycles. The van der Waals surface area contributed by atoms with Gasteiger partial charge in [-0.3, -0.25) is 0 Å². The van der Waals surface area contributed by atoms with Crippen LogP contribution in [-0.4, -0.2) is 12.6 Å². The summed E-state index contributed by atoms with van der Waals surface area (Å²) in [5, 5.41) is 7.25. The van der Waals surface area contributed by atoms with Crippen LogP contribution >= 0.6 is 0 Å². The van der Waals surface area contributed by atoms with Gasteiger partial charge in [-0.1, -0.05) is 25.3 Å². The topological polar surface area (TPSA) is 27.3 Å². The Hall–Kier alpha value is -1.48. The average Bonchev–Trinajstić information content (AvgIpc) is 2.60. The smallest absolute Gasteiger partial charge is 0.0648 e. The lowest BCUT2D eigenvalue weighted by atomic mass is 9.95. The third kappa shape index (κ3) is 2.87. The van der Waals surface area contributed by atoms with Crippen LogP contribution in [0.3, 0.4) is 0 Å². The number of nitrogens with one attached hydrogen (secondary N) is 2. The maximum Gasteiger partial charge on any atom is 0.0648 e. The number of rotatable bonds is 3. The standard InChI is InChI=1S/C19H27N3/c1-2-6-16(7-3-1)20-13-15-9-10-19-18(12-15)21-14-17-8-4-5-11-22(17)19/h9-10,12,14,16,20-21H,1-8,11,13H2. The number of hydrogen-bond donors (Lipinski definition) is 2. The van der Waals surface area contributed by atoms with E-state index in [1.807, 2.05) is 0 Å². The van der Waals surface area contributed by atoms with E-state index in [2.05, 4.69) is 39.9 Å². The minimum Gasteiger partial charge on any atom is -0.358 e. The van der Waals surface area contributed by atoms with E-state index in [9.17, 15) is 0 Å². The van der Waals surface area contributed by atoms with Crippen molar-refractivity contribution in [2.45, 2.75) is 64.0 Å². The van der Waals surface area contributed by atoms with Crippen LogP contribution < -0.4 is 15.5 Å². The van der Waals surface area contributed by atoms with E-state index in [1.54, 1.807) is 0 Å². The van der Waals surface area contributed by atoms with Gasteiger partial charge in [-0.25, -0.2) is 0 Å². The van der Waals surface area contributed by atoms with E-state index in [0.717, 1.165) is 12.6 Å². The van der Waals surface area contributed by atoms with Crippen molar-refractivity contribution in [1.82, 2.24) is 5.32 Å². The molecule has 0 amide bonds. The fourth-order valence-electron chi connectivity index (χ4n) is 4.05. The molecule has 0 spiro atoms. The molecule has 2 N–H and O–H groups in total. The molecule has 0 atom stereocenters. The number of piperidine rings is 1. The zero-order valence-corrected chi connectivity index (χ0v) is 13.4. The first-order chi connectivity index (χ1) is 10.9. The third-order valence-electron chi connectivity index (χ3n) is 5.36. The Kier molecular flexibility index (Phi) is 4.07. The highest BCUT2D eigenvalue weighted by Crippen LogP contribution is 2.37. The van der Waals surface area contributed by atoms with Crippen molar-refractivity contribution in [3.8, 4) is 0 Å². The summed E-state index contributed by atoms with van der Waals surface area (Å²) in [6.45, 7) is 2.16. The van der Waals surface area contributed by atoms with Crippen LogP contribution in [0.15, 0.2) is 30.1 Å². The SMILES string of the molecule is C1=C2CCCCN2c2ccc(CNC3CCCCC3)cc2N1. The summed E-state index contributed by atoms with van der Waals surface area (Å²) in [4.78, 5) is 2.49. The number of allylic oxidation sites excluding steroid dienone is 1. The second kappa shape index (κ2) is 6.33. The Bertz CT molecular complexity index is 558. The van der Waals surface area contributed by atoms with E-state index >= 15 is 0 Å². The van der Waals surface area contributed by atoms with Gasteiger partial charge in [-0.05, 0) is 49.8 Å². The molecule has 4 rings (SSSR count). The summed E-state index contributed by atoms with van der Waals surface area (Å²) < 4.78 is 0. The zero-order chi connectivity index (χ0) is 14.8. The van der Waals surface area contributed by atoms with E-state index in [-0.39, 0.29) is 0 Å². The average molecular weight is 297 g/mol. The molecule has 3 aliphatic rings. The van der Waals surface area contributed by atoms with Crippen LogP contribution in [0.25, 0.3) is 0 Å². The zero-order valence-electron chi connectivity index (χ0n) is 13.4. The largest absolute Gasteiger partial charge is 0.358 e. The molecule has 2 fully saturated rings. The highest BCUT2D eigenvalue weighted by molar-refractivity contribution is 5.77. The molecule has 3 nitrogen and oxygen atoms in total. The van der Waals surface area contributed by atoms with Gasteiger partial charge in [-0.2, -0.15) is 0 Å². The van der Waals surface area contributed by atoms with Crippen LogP contribution in [-0.2, 0) is 6.54 Å². The number of nitrogens with zero attached hydrogens (tertiary/aromatic N) is 1. The van der Waals surface area contributed by atoms with Gasteiger partial charge in [-0.15, -0.1) is 0 Å². The van der Waals surface area contributed by atoms with Gasteiger partial charge in [0.15, 0.2) is 0 Å². The third-order valence-corrected chi connectivity index (χ3v) is 5.36. The van der Waals surface area contributed by atoms with E-state index < -0.39 is 0 Å². The number of benzene rings is 1. The number of hydrogen-bond acceptors (Lipinski definition) is 3. The summed E-state index contributed by atoms with van der Waals surface area (Å²) >= 11 is 0. The molecule has 1 aliphatic carbocycles. The maximum atomic E-state index is 3.74. The predicted octanol–water partition coefficient (Wildman–Crippen LogP) is 4.37. The minimum absolute atomic E-state index is 0.728. The molecule has 0 aromatic heterocycles. The fraction of sp³-hybridized carbons (Fsp3) is 0.579. The molecule has 1 aromatic rings. The molecule has 0 unspecified atom stereocenters. The molecule has 3 heteroatoms. The van der Waals surface area contributed by atoms with Gasteiger partial charge in [0.1, 0.15) is 0 Å². The van der Waals surface area contributed by atoms with Crippen molar-refractivity contribution < 1.29 is 0 Å². The predicted molar refractivity (Wildman–Crippen MR) is 93.1 cm³/mol. The Morgan fingerprint density at radius 2 is 2.00 bits per heavy atom. The van der Waals surface area contributed by atoms with Crippen LogP contribution in [0.2, 0.25) is 0 Å². The molecule has 0 bridgehead atoms. The van der Waals surface area contributed by atoms with Crippen molar-refractivity contribution in [2.24, 2.45) is 0 Å². The second-order valence-corrected chi connectivity index (χ2v) is 6.96. The highest BCUT2D eigenvalue weighted by Gasteiger charge is 2.22. The summed E-state index contributed by atoms with van der Waals surface area (Å²) in [5.74, 6) is 0. The lowest BCUT2D eigenvalue weighted by Crippen LogP contribution is -2.32. The van der Waals surface area contributed by atoms with Crippen molar-refractivity contribution in [3.63, 3.8) is 0 Å². The molecule has 0 radical (unpaired) electrons. The second-order valence-electron chi connectivity index (χ2n) is 6.96. The lowest BCUT2D eigenvalue weighted by molar-refractivity contribution is 0.372. The highest BCUT2D eigenvalue weighted by atomic mass is 15.2. The molecule has 1 aromatic carbocycles. The van der Waals surface area contributed by atoms with Crippen LogP contribution in [0, 0.1) is 0 Å². The van der Waals surface area contributed by atoms with Crippen LogP contribution in [0.1, 0.15) is 56.9 Å². The van der Waals surface area contributed by atoms with E-state index in [0.29, 0.717) is 0 Å². The van der Waals surface area contributed by atoms with Gasteiger partial charge in [0.2, 0.25) is 0 Å². The first-order valence-electron chi connectivity index (χ1n) is 8.99. The van der Waals surface area contributed by atoms with E-state index in [1.165, 1.54) is 80.5 Å². The Balaban J connectivity index is 1.44. The molecular formula is C19H27N3. The van der Waals surface area contributed by atoms with Gasteiger partial charge in [0.25, 0.3) is 0 Å². The van der Waals surface area contributed by atoms with Gasteiger partial charge < -0.3 is 15.5 Å². The molecular weight excluding hydrogens is 270 g/mol. The molecule has 2 aliphatic heterocycles. The minimum atomic E-state index is 0.728. The summed E-state index contributed by atoms with van der Waals surface area (Å²) in [6.07, 6.45) is 13.0. The van der Waals surface area contributed by atoms with Crippen LogP contribution in [0.5, 0.6) is 0 Å². The van der Waals surface area contributed by atoms with Crippen molar-refractivity contribution in [1.29, 1.82) is 0 Å². The monoisotopic (exact) mass is 297 g/mol. The first-order valence-corrected chi connectivity index (χ1v) is 8.99. The number of fused-ring (bicyclic) bond motifs is 3. The normalized spacial score (nSPS) is 21.6. The van der Waals surface area contributed by atoms with Gasteiger partial charge >= 0.3 is 0 Å². The molecule has 118 valence electrons. The lowest BCUT2D eigenvalue weighted by Gasteiger charge is -2.36. The summed E-state index contributed by atoms with van der Waals surface area (Å²) in [6, 6.07) is 7.66.